The Balaban J connectivity index is 1.79. The SMILES string of the molecule is COCC(C)(F)C1=NC2=NC(C(=N)OC(N)=O)=N[C@H](c3cncc(Cl)c3)C2N1CC1CCCCC1. The first-order chi connectivity index (χ1) is 16.7. The van der Waals surface area contributed by atoms with Crippen LogP contribution in [0.25, 0.3) is 0 Å². The van der Waals surface area contributed by atoms with E-state index in [0.717, 1.165) is 25.7 Å². The second-order valence-corrected chi connectivity index (χ2v) is 9.66. The quantitative estimate of drug-likeness (QED) is 0.429. The minimum Gasteiger partial charge on any atom is -0.388 e. The molecule has 0 bridgehead atoms. The van der Waals surface area contributed by atoms with Crippen LogP contribution in [-0.4, -0.2) is 71.4 Å². The number of amides is 1. The summed E-state index contributed by atoms with van der Waals surface area (Å²) in [4.78, 5) is 30.9. The molecule has 3 N–H and O–H groups in total. The van der Waals surface area contributed by atoms with Gasteiger partial charge < -0.3 is 20.1 Å². The number of fused-ring (bicyclic) bond motifs is 1. The first-order valence-corrected chi connectivity index (χ1v) is 11.9. The minimum absolute atomic E-state index is 0.171. The van der Waals surface area contributed by atoms with Gasteiger partial charge in [-0.15, -0.1) is 0 Å². The van der Waals surface area contributed by atoms with Gasteiger partial charge in [0.2, 0.25) is 5.84 Å². The number of methoxy groups -OCH3 is 1. The zero-order chi connectivity index (χ0) is 25.2. The number of alkyl halides is 1. The van der Waals surface area contributed by atoms with E-state index in [1.807, 2.05) is 4.90 Å². The van der Waals surface area contributed by atoms with Gasteiger partial charge in [-0.1, -0.05) is 30.9 Å². The van der Waals surface area contributed by atoms with Crippen molar-refractivity contribution in [1.29, 1.82) is 5.41 Å². The molecule has 1 saturated carbocycles. The summed E-state index contributed by atoms with van der Waals surface area (Å²) in [6, 6.07) is 0.482. The third-order valence-corrected chi connectivity index (χ3v) is 6.61. The molecule has 1 amide bonds. The fraction of sp³-hybridized carbons (Fsp3) is 0.565. The van der Waals surface area contributed by atoms with Gasteiger partial charge in [-0.3, -0.25) is 15.4 Å². The molecule has 10 nitrogen and oxygen atoms in total. The fourth-order valence-electron chi connectivity index (χ4n) is 4.95. The number of pyridine rings is 1. The number of carbonyl (C=O) groups is 1. The first-order valence-electron chi connectivity index (χ1n) is 11.6. The first kappa shape index (κ1) is 25.2. The Morgan fingerprint density at radius 3 is 2.71 bits per heavy atom. The molecule has 35 heavy (non-hydrogen) atoms. The monoisotopic (exact) mass is 505 g/mol. The van der Waals surface area contributed by atoms with Crippen LogP contribution in [0.1, 0.15) is 50.6 Å². The predicted octanol–water partition coefficient (Wildman–Crippen LogP) is 3.70. The van der Waals surface area contributed by atoms with Crippen LogP contribution in [0.15, 0.2) is 33.4 Å². The molecule has 3 atom stereocenters. The summed E-state index contributed by atoms with van der Waals surface area (Å²) in [6.45, 7) is 1.82. The lowest BCUT2D eigenvalue weighted by molar-refractivity contribution is 0.0884. The van der Waals surface area contributed by atoms with Crippen LogP contribution in [0.3, 0.4) is 0 Å². The van der Waals surface area contributed by atoms with Crippen LogP contribution in [-0.2, 0) is 9.47 Å². The third kappa shape index (κ3) is 5.51. The zero-order valence-electron chi connectivity index (χ0n) is 19.7. The molecular formula is C23H29ClFN7O3. The van der Waals surface area contributed by atoms with Gasteiger partial charge in [0.05, 0.1) is 11.6 Å². The fourth-order valence-corrected chi connectivity index (χ4v) is 5.14. The van der Waals surface area contributed by atoms with Crippen molar-refractivity contribution in [3.63, 3.8) is 0 Å². The summed E-state index contributed by atoms with van der Waals surface area (Å²) in [5.41, 5.74) is 3.82. The van der Waals surface area contributed by atoms with Gasteiger partial charge in [0.25, 0.3) is 5.90 Å². The second-order valence-electron chi connectivity index (χ2n) is 9.22. The molecule has 1 fully saturated rings. The van der Waals surface area contributed by atoms with E-state index in [1.54, 1.807) is 12.3 Å². The number of amidine groups is 3. The van der Waals surface area contributed by atoms with Crippen LogP contribution in [0.4, 0.5) is 9.18 Å². The highest BCUT2D eigenvalue weighted by molar-refractivity contribution is 6.41. The van der Waals surface area contributed by atoms with E-state index in [-0.39, 0.29) is 24.1 Å². The predicted molar refractivity (Wildman–Crippen MR) is 131 cm³/mol. The molecule has 2 aliphatic heterocycles. The smallest absolute Gasteiger partial charge is 0.388 e. The Bertz CT molecular complexity index is 1080. The summed E-state index contributed by atoms with van der Waals surface area (Å²) in [5.74, 6) is 0.0449. The van der Waals surface area contributed by atoms with E-state index in [1.165, 1.54) is 26.7 Å². The molecule has 0 saturated heterocycles. The third-order valence-electron chi connectivity index (χ3n) is 6.41. The van der Waals surface area contributed by atoms with Gasteiger partial charge in [-0.25, -0.2) is 19.2 Å². The van der Waals surface area contributed by atoms with Gasteiger partial charge in [-0.2, -0.15) is 0 Å². The topological polar surface area (TPSA) is 139 Å². The number of primary amides is 1. The maximum absolute atomic E-state index is 15.9. The van der Waals surface area contributed by atoms with Crippen molar-refractivity contribution in [3.8, 4) is 0 Å². The summed E-state index contributed by atoms with van der Waals surface area (Å²) >= 11 is 6.22. The summed E-state index contributed by atoms with van der Waals surface area (Å²) in [7, 11) is 1.44. The number of hydrogen-bond donors (Lipinski definition) is 2. The highest BCUT2D eigenvalue weighted by Gasteiger charge is 2.49. The maximum atomic E-state index is 15.9. The Labute approximate surface area is 208 Å². The second kappa shape index (κ2) is 10.4. The number of carbonyl (C=O) groups excluding carboxylic acids is 1. The molecule has 3 aliphatic rings. The van der Waals surface area contributed by atoms with Gasteiger partial charge >= 0.3 is 6.09 Å². The lowest BCUT2D eigenvalue weighted by atomic mass is 9.87. The number of hydrogen-bond acceptors (Lipinski definition) is 9. The molecule has 2 unspecified atom stereocenters. The van der Waals surface area contributed by atoms with E-state index in [0.29, 0.717) is 23.0 Å². The molecule has 12 heteroatoms. The van der Waals surface area contributed by atoms with E-state index < -0.39 is 29.7 Å². The van der Waals surface area contributed by atoms with Crippen molar-refractivity contribution in [2.45, 2.75) is 56.8 Å². The lowest BCUT2D eigenvalue weighted by Gasteiger charge is -2.39. The number of nitrogens with one attached hydrogen (secondary N) is 1. The van der Waals surface area contributed by atoms with Crippen molar-refractivity contribution in [2.24, 2.45) is 26.6 Å². The molecule has 1 aromatic rings. The van der Waals surface area contributed by atoms with Crippen molar-refractivity contribution in [1.82, 2.24) is 9.88 Å². The van der Waals surface area contributed by atoms with Gasteiger partial charge in [0.15, 0.2) is 11.5 Å². The van der Waals surface area contributed by atoms with Crippen LogP contribution in [0.5, 0.6) is 0 Å². The van der Waals surface area contributed by atoms with E-state index in [9.17, 15) is 4.79 Å². The minimum atomic E-state index is -1.89. The van der Waals surface area contributed by atoms with Crippen LogP contribution >= 0.6 is 11.6 Å². The van der Waals surface area contributed by atoms with Crippen LogP contribution in [0, 0.1) is 11.3 Å². The molecule has 188 valence electrons. The van der Waals surface area contributed by atoms with Crippen molar-refractivity contribution < 1.29 is 18.7 Å². The highest BCUT2D eigenvalue weighted by atomic mass is 35.5. The summed E-state index contributed by atoms with van der Waals surface area (Å²) < 4.78 is 25.8. The Hall–Kier alpha value is -2.92. The molecular weight excluding hydrogens is 477 g/mol. The number of aromatic nitrogens is 1. The molecule has 0 radical (unpaired) electrons. The molecule has 0 spiro atoms. The highest BCUT2D eigenvalue weighted by Crippen LogP contribution is 2.38. The largest absolute Gasteiger partial charge is 0.411 e. The zero-order valence-corrected chi connectivity index (χ0v) is 20.5. The summed E-state index contributed by atoms with van der Waals surface area (Å²) in [5, 5.41) is 8.50. The van der Waals surface area contributed by atoms with Crippen LogP contribution < -0.4 is 5.73 Å². The Morgan fingerprint density at radius 1 is 1.31 bits per heavy atom. The molecule has 3 heterocycles. The number of nitrogens with two attached hydrogens (primary N) is 1. The number of ether oxygens (including phenoxy) is 2. The average Bonchev–Trinajstić information content (AvgIpc) is 3.18. The Morgan fingerprint density at radius 2 is 2.06 bits per heavy atom. The van der Waals surface area contributed by atoms with Crippen molar-refractivity contribution >= 4 is 41.1 Å². The standard InChI is InChI=1S/C23H29ClFN7O3/c1-23(25,12-34-2)21-31-19-17(32(21)11-13-6-4-3-5-7-13)16(14-8-15(24)10-28-9-14)29-20(30-19)18(26)35-22(27)33/h8-10,13,16-17,26H,3-7,11-12H2,1-2H3,(H2,27,33)/t16-,17?,23?/m1/s1. The maximum Gasteiger partial charge on any atom is 0.411 e. The van der Waals surface area contributed by atoms with Gasteiger partial charge in [0.1, 0.15) is 17.9 Å². The summed E-state index contributed by atoms with van der Waals surface area (Å²) in [6.07, 6.45) is 7.51. The Kier molecular flexibility index (Phi) is 7.46. The molecule has 1 aliphatic carbocycles. The number of rotatable bonds is 7. The molecule has 1 aromatic heterocycles. The average molecular weight is 506 g/mol. The van der Waals surface area contributed by atoms with Gasteiger partial charge in [0, 0.05) is 26.0 Å². The van der Waals surface area contributed by atoms with E-state index in [4.69, 9.17) is 32.2 Å². The van der Waals surface area contributed by atoms with E-state index in [2.05, 4.69) is 20.0 Å². The van der Waals surface area contributed by atoms with Crippen molar-refractivity contribution in [3.05, 3.63) is 29.0 Å². The molecule has 0 aromatic carbocycles. The van der Waals surface area contributed by atoms with E-state index >= 15 is 4.39 Å². The number of nitrogens with zero attached hydrogens (tertiary/aromatic N) is 5. The van der Waals surface area contributed by atoms with Gasteiger partial charge in [-0.05, 0) is 37.3 Å². The van der Waals surface area contributed by atoms with Crippen molar-refractivity contribution in [2.75, 3.05) is 20.3 Å². The normalized spacial score (nSPS) is 24.1. The number of halogens is 2. The molecule has 4 rings (SSSR count). The van der Waals surface area contributed by atoms with Crippen LogP contribution in [0.2, 0.25) is 5.02 Å². The lowest BCUT2D eigenvalue weighted by Crippen LogP contribution is -2.52. The number of aliphatic imine (C=N–C) groups is 3.